The Hall–Kier alpha value is -1.85. The van der Waals surface area contributed by atoms with Gasteiger partial charge in [0, 0.05) is 44.5 Å². The Kier molecular flexibility index (Phi) is 7.79. The highest BCUT2D eigenvalue weighted by Gasteiger charge is 2.16. The van der Waals surface area contributed by atoms with Crippen molar-refractivity contribution in [3.8, 4) is 0 Å². The number of aryl methyl sites for hydroxylation is 1. The molecule has 1 aromatic carbocycles. The van der Waals surface area contributed by atoms with Gasteiger partial charge < -0.3 is 14.2 Å². The van der Waals surface area contributed by atoms with E-state index in [0.717, 1.165) is 50.8 Å². The molecule has 1 aliphatic heterocycles. The molecule has 24 heavy (non-hydrogen) atoms. The van der Waals surface area contributed by atoms with E-state index in [1.807, 2.05) is 26.8 Å². The van der Waals surface area contributed by atoms with Crippen molar-refractivity contribution in [3.63, 3.8) is 0 Å². The van der Waals surface area contributed by atoms with Crippen LogP contribution in [0.3, 0.4) is 0 Å². The molecule has 5 heteroatoms. The molecule has 0 aliphatic carbocycles. The summed E-state index contributed by atoms with van der Waals surface area (Å²) in [6.45, 7) is 12.4. The predicted octanol–water partition coefficient (Wildman–Crippen LogP) is 3.35. The van der Waals surface area contributed by atoms with Gasteiger partial charge >= 0.3 is 0 Å². The van der Waals surface area contributed by atoms with Crippen LogP contribution in [0.4, 0.5) is 5.69 Å². The number of rotatable bonds is 6. The Labute approximate surface area is 145 Å². The van der Waals surface area contributed by atoms with Crippen molar-refractivity contribution in [2.75, 3.05) is 44.2 Å². The highest BCUT2D eigenvalue weighted by molar-refractivity contribution is 5.46. The maximum Gasteiger partial charge on any atom is 0.134 e. The van der Waals surface area contributed by atoms with Crippen LogP contribution in [-0.2, 0) is 11.3 Å². The van der Waals surface area contributed by atoms with E-state index in [4.69, 9.17) is 9.26 Å². The molecule has 2 heterocycles. The summed E-state index contributed by atoms with van der Waals surface area (Å²) in [7, 11) is 0. The lowest BCUT2D eigenvalue weighted by Gasteiger charge is -2.36. The zero-order valence-corrected chi connectivity index (χ0v) is 15.1. The average molecular weight is 331 g/mol. The standard InChI is InChI=1S/C17H23N3O2.C2H6/c1-15-13-16(18-22-15)14-21-12-11-19-7-9-20(10-8-19)17-5-3-2-4-6-17;1-2/h2-6,13H,7-12,14H2,1H3;1-2H3. The van der Waals surface area contributed by atoms with Gasteiger partial charge in [-0.05, 0) is 19.1 Å². The van der Waals surface area contributed by atoms with Gasteiger partial charge in [0.15, 0.2) is 0 Å². The number of para-hydroxylation sites is 1. The van der Waals surface area contributed by atoms with E-state index in [-0.39, 0.29) is 0 Å². The molecular formula is C19H29N3O2. The first-order valence-electron chi connectivity index (χ1n) is 8.83. The smallest absolute Gasteiger partial charge is 0.134 e. The molecular weight excluding hydrogens is 302 g/mol. The summed E-state index contributed by atoms with van der Waals surface area (Å²) in [4.78, 5) is 4.89. The molecule has 1 fully saturated rings. The summed E-state index contributed by atoms with van der Waals surface area (Å²) in [6, 6.07) is 12.5. The van der Waals surface area contributed by atoms with E-state index in [1.54, 1.807) is 0 Å². The Morgan fingerprint density at radius 3 is 2.42 bits per heavy atom. The molecule has 0 spiro atoms. The lowest BCUT2D eigenvalue weighted by atomic mass is 10.2. The minimum atomic E-state index is 0.529. The predicted molar refractivity (Wildman–Crippen MR) is 97.3 cm³/mol. The minimum absolute atomic E-state index is 0.529. The summed E-state index contributed by atoms with van der Waals surface area (Å²) in [5, 5.41) is 3.92. The molecule has 0 saturated carbocycles. The van der Waals surface area contributed by atoms with Gasteiger partial charge in [0.2, 0.25) is 0 Å². The molecule has 1 saturated heterocycles. The molecule has 2 aromatic rings. The number of aromatic nitrogens is 1. The van der Waals surface area contributed by atoms with Gasteiger partial charge in [-0.15, -0.1) is 0 Å². The number of anilines is 1. The van der Waals surface area contributed by atoms with Crippen LogP contribution in [0.1, 0.15) is 25.3 Å². The van der Waals surface area contributed by atoms with Gasteiger partial charge in [0.1, 0.15) is 11.5 Å². The van der Waals surface area contributed by atoms with Gasteiger partial charge in [-0.3, -0.25) is 4.90 Å². The highest BCUT2D eigenvalue weighted by atomic mass is 16.5. The molecule has 132 valence electrons. The lowest BCUT2D eigenvalue weighted by Crippen LogP contribution is -2.47. The third-order valence-corrected chi connectivity index (χ3v) is 3.97. The van der Waals surface area contributed by atoms with Crippen molar-refractivity contribution < 1.29 is 9.26 Å². The van der Waals surface area contributed by atoms with E-state index in [0.29, 0.717) is 6.61 Å². The van der Waals surface area contributed by atoms with E-state index < -0.39 is 0 Å². The first-order chi connectivity index (χ1) is 11.8. The summed E-state index contributed by atoms with van der Waals surface area (Å²) in [6.07, 6.45) is 0. The van der Waals surface area contributed by atoms with E-state index in [1.165, 1.54) is 5.69 Å². The fraction of sp³-hybridized carbons (Fsp3) is 0.526. The van der Waals surface area contributed by atoms with Gasteiger partial charge in [0.25, 0.3) is 0 Å². The van der Waals surface area contributed by atoms with Crippen LogP contribution in [-0.4, -0.2) is 49.4 Å². The Bertz CT molecular complexity index is 563. The number of hydrogen-bond donors (Lipinski definition) is 0. The van der Waals surface area contributed by atoms with E-state index in [2.05, 4.69) is 45.3 Å². The van der Waals surface area contributed by atoms with Crippen LogP contribution in [0.2, 0.25) is 0 Å². The molecule has 0 atom stereocenters. The van der Waals surface area contributed by atoms with Crippen LogP contribution < -0.4 is 4.90 Å². The molecule has 3 rings (SSSR count). The summed E-state index contributed by atoms with van der Waals surface area (Å²) in [5.41, 5.74) is 2.19. The Morgan fingerprint density at radius 1 is 1.08 bits per heavy atom. The first-order valence-corrected chi connectivity index (χ1v) is 8.83. The summed E-state index contributed by atoms with van der Waals surface area (Å²) in [5.74, 6) is 0.829. The number of benzene rings is 1. The second-order valence-electron chi connectivity index (χ2n) is 5.65. The normalized spacial score (nSPS) is 15.0. The fourth-order valence-electron chi connectivity index (χ4n) is 2.72. The monoisotopic (exact) mass is 331 g/mol. The average Bonchev–Trinajstić information content (AvgIpc) is 3.07. The topological polar surface area (TPSA) is 41.7 Å². The second-order valence-corrected chi connectivity index (χ2v) is 5.65. The number of hydrogen-bond acceptors (Lipinski definition) is 5. The zero-order chi connectivity index (χ0) is 17.2. The van der Waals surface area contributed by atoms with E-state index in [9.17, 15) is 0 Å². The van der Waals surface area contributed by atoms with Crippen molar-refractivity contribution in [3.05, 3.63) is 47.9 Å². The Morgan fingerprint density at radius 2 is 1.79 bits per heavy atom. The van der Waals surface area contributed by atoms with Crippen LogP contribution in [0.5, 0.6) is 0 Å². The summed E-state index contributed by atoms with van der Waals surface area (Å²) < 4.78 is 10.7. The Balaban J connectivity index is 0.00000100. The molecule has 1 aromatic heterocycles. The SMILES string of the molecule is CC.Cc1cc(COCCN2CCN(c3ccccc3)CC2)no1. The van der Waals surface area contributed by atoms with Crippen molar-refractivity contribution in [1.82, 2.24) is 10.1 Å². The highest BCUT2D eigenvalue weighted by Crippen LogP contribution is 2.15. The molecule has 0 bridgehead atoms. The van der Waals surface area contributed by atoms with Gasteiger partial charge in [-0.25, -0.2) is 0 Å². The summed E-state index contributed by atoms with van der Waals surface area (Å²) >= 11 is 0. The first kappa shape index (κ1) is 18.5. The zero-order valence-electron chi connectivity index (χ0n) is 15.1. The quantitative estimate of drug-likeness (QED) is 0.759. The van der Waals surface area contributed by atoms with Crippen molar-refractivity contribution in [2.45, 2.75) is 27.4 Å². The van der Waals surface area contributed by atoms with Crippen LogP contribution in [0.15, 0.2) is 40.9 Å². The molecule has 0 amide bonds. The van der Waals surface area contributed by atoms with Crippen molar-refractivity contribution >= 4 is 5.69 Å². The van der Waals surface area contributed by atoms with Crippen LogP contribution >= 0.6 is 0 Å². The second kappa shape index (κ2) is 10.1. The van der Waals surface area contributed by atoms with Crippen LogP contribution in [0.25, 0.3) is 0 Å². The van der Waals surface area contributed by atoms with Crippen molar-refractivity contribution in [2.24, 2.45) is 0 Å². The third kappa shape index (κ3) is 5.65. The third-order valence-electron chi connectivity index (χ3n) is 3.97. The van der Waals surface area contributed by atoms with Crippen LogP contribution in [0, 0.1) is 6.92 Å². The van der Waals surface area contributed by atoms with E-state index >= 15 is 0 Å². The molecule has 5 nitrogen and oxygen atoms in total. The molecule has 0 unspecified atom stereocenters. The maximum absolute atomic E-state index is 5.67. The number of piperazine rings is 1. The van der Waals surface area contributed by atoms with Gasteiger partial charge in [-0.1, -0.05) is 37.2 Å². The lowest BCUT2D eigenvalue weighted by molar-refractivity contribution is 0.0871. The maximum atomic E-state index is 5.67. The van der Waals surface area contributed by atoms with Gasteiger partial charge in [0.05, 0.1) is 13.2 Å². The molecule has 1 aliphatic rings. The van der Waals surface area contributed by atoms with Gasteiger partial charge in [-0.2, -0.15) is 0 Å². The van der Waals surface area contributed by atoms with Crippen molar-refractivity contribution in [1.29, 1.82) is 0 Å². The molecule has 0 radical (unpaired) electrons. The minimum Gasteiger partial charge on any atom is -0.374 e. The number of nitrogens with zero attached hydrogens (tertiary/aromatic N) is 3. The largest absolute Gasteiger partial charge is 0.374 e. The fourth-order valence-corrected chi connectivity index (χ4v) is 2.72. The number of ether oxygens (including phenoxy) is 1. The molecule has 0 N–H and O–H groups in total.